The van der Waals surface area contributed by atoms with E-state index in [4.69, 9.17) is 4.74 Å². The fourth-order valence-electron chi connectivity index (χ4n) is 4.94. The maximum absolute atomic E-state index is 14.0. The van der Waals surface area contributed by atoms with E-state index in [2.05, 4.69) is 15.9 Å². The third-order valence-corrected chi connectivity index (χ3v) is 6.84. The number of piperazine rings is 1. The lowest BCUT2D eigenvalue weighted by Gasteiger charge is -2.36. The molecule has 0 radical (unpaired) electrons. The number of amides is 2. The summed E-state index contributed by atoms with van der Waals surface area (Å²) in [6.45, 7) is 4.12. The average Bonchev–Trinajstić information content (AvgIpc) is 3.14. The summed E-state index contributed by atoms with van der Waals surface area (Å²) in [4.78, 5) is 32.1. The van der Waals surface area contributed by atoms with Crippen molar-refractivity contribution in [1.29, 1.82) is 0 Å². The minimum Gasteiger partial charge on any atom is -0.496 e. The molecule has 0 bridgehead atoms. The molecular formula is C28H28FN3O3. The molecule has 2 heterocycles. The summed E-state index contributed by atoms with van der Waals surface area (Å²) in [5.41, 5.74) is 3.33. The third-order valence-electron chi connectivity index (χ3n) is 6.84. The van der Waals surface area contributed by atoms with Crippen molar-refractivity contribution in [3.05, 3.63) is 94.8 Å². The molecule has 0 aliphatic carbocycles. The smallest absolute Gasteiger partial charge is 0.263 e. The molecule has 3 aromatic rings. The lowest BCUT2D eigenvalue weighted by Crippen LogP contribution is -2.46. The maximum atomic E-state index is 14.0. The van der Waals surface area contributed by atoms with Crippen molar-refractivity contribution in [1.82, 2.24) is 9.80 Å². The molecule has 180 valence electrons. The molecule has 0 unspecified atom stereocenters. The number of benzene rings is 3. The fourth-order valence-corrected chi connectivity index (χ4v) is 4.94. The van der Waals surface area contributed by atoms with E-state index in [1.165, 1.54) is 11.0 Å². The molecule has 0 atom stereocenters. The summed E-state index contributed by atoms with van der Waals surface area (Å²) in [6.07, 6.45) is 0.287. The summed E-state index contributed by atoms with van der Waals surface area (Å²) < 4.78 is 19.5. The quantitative estimate of drug-likeness (QED) is 0.486. The van der Waals surface area contributed by atoms with Crippen LogP contribution in [0.15, 0.2) is 66.7 Å². The largest absolute Gasteiger partial charge is 0.496 e. The first-order valence-electron chi connectivity index (χ1n) is 11.9. The average molecular weight is 474 g/mol. The molecule has 6 nitrogen and oxygen atoms in total. The van der Waals surface area contributed by atoms with Crippen LogP contribution in [0, 0.1) is 5.82 Å². The van der Waals surface area contributed by atoms with Crippen LogP contribution in [0.1, 0.15) is 31.8 Å². The second-order valence-electron chi connectivity index (χ2n) is 8.88. The Morgan fingerprint density at radius 2 is 1.54 bits per heavy atom. The number of imide groups is 1. The van der Waals surface area contributed by atoms with Gasteiger partial charge in [0.25, 0.3) is 11.8 Å². The minimum atomic E-state index is -0.323. The Labute approximate surface area is 204 Å². The monoisotopic (exact) mass is 473 g/mol. The van der Waals surface area contributed by atoms with Gasteiger partial charge in [0.1, 0.15) is 11.6 Å². The molecule has 2 amide bonds. The Balaban J connectivity index is 1.28. The van der Waals surface area contributed by atoms with Crippen LogP contribution >= 0.6 is 0 Å². The Morgan fingerprint density at radius 3 is 2.29 bits per heavy atom. The van der Waals surface area contributed by atoms with Crippen molar-refractivity contribution in [2.24, 2.45) is 0 Å². The van der Waals surface area contributed by atoms with Gasteiger partial charge < -0.3 is 9.64 Å². The molecule has 2 aliphatic rings. The topological polar surface area (TPSA) is 53.1 Å². The maximum Gasteiger partial charge on any atom is 0.263 e. The van der Waals surface area contributed by atoms with Crippen LogP contribution in [0.5, 0.6) is 5.75 Å². The first kappa shape index (κ1) is 23.1. The highest BCUT2D eigenvalue weighted by Gasteiger charge is 2.38. The van der Waals surface area contributed by atoms with Gasteiger partial charge in [0.2, 0.25) is 0 Å². The first-order valence-corrected chi connectivity index (χ1v) is 11.9. The number of carbonyl (C=O) groups excluding carboxylic acids is 2. The van der Waals surface area contributed by atoms with E-state index in [1.54, 1.807) is 31.4 Å². The number of hydrogen-bond acceptors (Lipinski definition) is 5. The molecular weight excluding hydrogens is 445 g/mol. The molecule has 3 aromatic carbocycles. The van der Waals surface area contributed by atoms with E-state index >= 15 is 0 Å². The van der Waals surface area contributed by atoms with Crippen LogP contribution in [-0.2, 0) is 13.0 Å². The molecule has 0 N–H and O–H groups in total. The normalized spacial score (nSPS) is 16.1. The summed E-state index contributed by atoms with van der Waals surface area (Å²) >= 11 is 0. The second kappa shape index (κ2) is 9.88. The van der Waals surface area contributed by atoms with Crippen LogP contribution in [0.3, 0.4) is 0 Å². The van der Waals surface area contributed by atoms with Crippen LogP contribution in [-0.4, -0.2) is 61.4 Å². The van der Waals surface area contributed by atoms with Gasteiger partial charge >= 0.3 is 0 Å². The van der Waals surface area contributed by atoms with Crippen molar-refractivity contribution in [2.75, 3.05) is 44.7 Å². The van der Waals surface area contributed by atoms with Gasteiger partial charge in [-0.15, -0.1) is 0 Å². The Bertz CT molecular complexity index is 1250. The molecule has 7 heteroatoms. The van der Waals surface area contributed by atoms with Gasteiger partial charge in [0.05, 0.1) is 23.9 Å². The molecule has 1 saturated heterocycles. The minimum absolute atomic E-state index is 0.152. The number of methoxy groups -OCH3 is 1. The second-order valence-corrected chi connectivity index (χ2v) is 8.88. The lowest BCUT2D eigenvalue weighted by atomic mass is 10.1. The molecule has 35 heavy (non-hydrogen) atoms. The predicted molar refractivity (Wildman–Crippen MR) is 132 cm³/mol. The van der Waals surface area contributed by atoms with Crippen LogP contribution in [0.4, 0.5) is 10.1 Å². The van der Waals surface area contributed by atoms with Crippen molar-refractivity contribution in [2.45, 2.75) is 13.0 Å². The highest BCUT2D eigenvalue weighted by atomic mass is 19.1. The van der Waals surface area contributed by atoms with E-state index in [0.717, 1.165) is 49.7 Å². The number of hydrogen-bond donors (Lipinski definition) is 0. The van der Waals surface area contributed by atoms with Crippen LogP contribution in [0.25, 0.3) is 0 Å². The Morgan fingerprint density at radius 1 is 0.829 bits per heavy atom. The zero-order chi connectivity index (χ0) is 24.4. The number of halogens is 1. The molecule has 1 fully saturated rings. The van der Waals surface area contributed by atoms with Gasteiger partial charge in [-0.05, 0) is 36.2 Å². The Kier molecular flexibility index (Phi) is 6.51. The van der Waals surface area contributed by atoms with Gasteiger partial charge in [-0.2, -0.15) is 0 Å². The van der Waals surface area contributed by atoms with Gasteiger partial charge in [-0.3, -0.25) is 19.4 Å². The molecule has 0 saturated carbocycles. The predicted octanol–water partition coefficient (Wildman–Crippen LogP) is 4.00. The number of ether oxygens (including phenoxy) is 1. The number of para-hydroxylation sites is 1. The van der Waals surface area contributed by atoms with E-state index in [1.807, 2.05) is 30.3 Å². The van der Waals surface area contributed by atoms with Crippen LogP contribution in [0.2, 0.25) is 0 Å². The Hall–Kier alpha value is -3.71. The SMILES string of the molecule is COc1ccccc1CN1CCN(c2cccc3c2C(=O)N(CCc2ccccc2F)C3=O)CC1. The first-order chi connectivity index (χ1) is 17.1. The summed E-state index contributed by atoms with van der Waals surface area (Å²) in [6, 6.07) is 20.0. The zero-order valence-corrected chi connectivity index (χ0v) is 19.7. The van der Waals surface area contributed by atoms with Crippen molar-refractivity contribution >= 4 is 17.5 Å². The van der Waals surface area contributed by atoms with E-state index in [-0.39, 0.29) is 30.6 Å². The van der Waals surface area contributed by atoms with Gasteiger partial charge in [-0.25, -0.2) is 4.39 Å². The summed E-state index contributed by atoms with van der Waals surface area (Å²) in [5.74, 6) is -0.0439. The van der Waals surface area contributed by atoms with Crippen LogP contribution < -0.4 is 9.64 Å². The van der Waals surface area contributed by atoms with Crippen molar-refractivity contribution < 1.29 is 18.7 Å². The summed E-state index contributed by atoms with van der Waals surface area (Å²) in [5, 5.41) is 0. The van der Waals surface area contributed by atoms with Crippen molar-refractivity contribution in [3.8, 4) is 5.75 Å². The number of rotatable bonds is 7. The number of fused-ring (bicyclic) bond motifs is 1. The number of nitrogens with zero attached hydrogens (tertiary/aromatic N) is 3. The molecule has 0 aromatic heterocycles. The third kappa shape index (κ3) is 4.51. The highest BCUT2D eigenvalue weighted by molar-refractivity contribution is 6.23. The van der Waals surface area contributed by atoms with Crippen molar-refractivity contribution in [3.63, 3.8) is 0 Å². The zero-order valence-electron chi connectivity index (χ0n) is 19.7. The summed E-state index contributed by atoms with van der Waals surface area (Å²) in [7, 11) is 1.69. The van der Waals surface area contributed by atoms with Gasteiger partial charge in [0.15, 0.2) is 0 Å². The number of anilines is 1. The van der Waals surface area contributed by atoms with Gasteiger partial charge in [0, 0.05) is 44.8 Å². The van der Waals surface area contributed by atoms with E-state index < -0.39 is 0 Å². The van der Waals surface area contributed by atoms with E-state index in [0.29, 0.717) is 16.7 Å². The van der Waals surface area contributed by atoms with E-state index in [9.17, 15) is 14.0 Å². The standard InChI is InChI=1S/C28H28FN3O3/c1-35-25-12-5-3-8-21(25)19-30-15-17-31(18-16-30)24-11-6-9-22-26(24)28(34)32(27(22)33)14-13-20-7-2-4-10-23(20)29/h2-12H,13-19H2,1H3. The highest BCUT2D eigenvalue weighted by Crippen LogP contribution is 2.33. The lowest BCUT2D eigenvalue weighted by molar-refractivity contribution is 0.0656. The molecule has 2 aliphatic heterocycles. The molecule has 5 rings (SSSR count). The molecule has 0 spiro atoms. The fraction of sp³-hybridized carbons (Fsp3) is 0.286. The van der Waals surface area contributed by atoms with Gasteiger partial charge in [-0.1, -0.05) is 42.5 Å². The number of carbonyl (C=O) groups is 2.